The number of carbonyl (C=O) groups excluding carboxylic acids is 1. The van der Waals surface area contributed by atoms with E-state index in [0.717, 1.165) is 12.1 Å². The molecule has 0 aliphatic rings. The van der Waals surface area contributed by atoms with Crippen molar-refractivity contribution in [3.05, 3.63) is 29.3 Å². The molecule has 17 heavy (non-hydrogen) atoms. The van der Waals surface area contributed by atoms with E-state index in [1.807, 2.05) is 0 Å². The molecule has 0 amide bonds. The van der Waals surface area contributed by atoms with E-state index >= 15 is 0 Å². The van der Waals surface area contributed by atoms with Crippen LogP contribution in [-0.2, 0) is 11.3 Å². The van der Waals surface area contributed by atoms with Gasteiger partial charge in [-0.05, 0) is 20.0 Å². The minimum atomic E-state index is -0.611. The first-order chi connectivity index (χ1) is 7.93. The Hall–Kier alpha value is -1.49. The molecular formula is C12H15F2NO2. The van der Waals surface area contributed by atoms with Gasteiger partial charge in [0.05, 0.1) is 13.7 Å². The second kappa shape index (κ2) is 5.72. The zero-order chi connectivity index (χ0) is 13.0. The fourth-order valence-corrected chi connectivity index (χ4v) is 1.57. The molecule has 1 rings (SSSR count). The van der Waals surface area contributed by atoms with Gasteiger partial charge in [-0.2, -0.15) is 0 Å². The van der Waals surface area contributed by atoms with Crippen molar-refractivity contribution < 1.29 is 18.3 Å². The predicted octanol–water partition coefficient (Wildman–Crippen LogP) is 1.99. The number of benzene rings is 1. The summed E-state index contributed by atoms with van der Waals surface area (Å²) in [6, 6.07) is 2.09. The van der Waals surface area contributed by atoms with Crippen molar-refractivity contribution in [3.8, 4) is 5.75 Å². The molecular weight excluding hydrogens is 228 g/mol. The van der Waals surface area contributed by atoms with Crippen LogP contribution < -0.4 is 4.74 Å². The molecule has 0 aromatic heterocycles. The number of likely N-dealkylation sites (N-methyl/N-ethyl adjacent to an activating group) is 1. The molecule has 0 heterocycles. The van der Waals surface area contributed by atoms with Crippen molar-refractivity contribution in [3.63, 3.8) is 0 Å². The number of hydrogen-bond donors (Lipinski definition) is 0. The van der Waals surface area contributed by atoms with Gasteiger partial charge in [0.1, 0.15) is 11.6 Å². The highest BCUT2D eigenvalue weighted by atomic mass is 19.1. The van der Waals surface area contributed by atoms with Gasteiger partial charge in [-0.1, -0.05) is 0 Å². The highest BCUT2D eigenvalue weighted by Crippen LogP contribution is 2.21. The Morgan fingerprint density at radius 3 is 2.53 bits per heavy atom. The summed E-state index contributed by atoms with van der Waals surface area (Å²) in [7, 11) is 2.95. The molecule has 0 aliphatic heterocycles. The summed E-state index contributed by atoms with van der Waals surface area (Å²) in [6.07, 6.45) is 0. The van der Waals surface area contributed by atoms with Crippen molar-refractivity contribution >= 4 is 5.78 Å². The lowest BCUT2D eigenvalue weighted by Gasteiger charge is -2.15. The van der Waals surface area contributed by atoms with E-state index in [9.17, 15) is 13.6 Å². The smallest absolute Gasteiger partial charge is 0.165 e. The highest BCUT2D eigenvalue weighted by Gasteiger charge is 2.12. The first-order valence-electron chi connectivity index (χ1n) is 5.14. The van der Waals surface area contributed by atoms with Gasteiger partial charge in [-0.15, -0.1) is 0 Å². The van der Waals surface area contributed by atoms with Crippen LogP contribution in [0.4, 0.5) is 8.78 Å². The molecule has 94 valence electrons. The first-order valence-corrected chi connectivity index (χ1v) is 5.14. The van der Waals surface area contributed by atoms with Gasteiger partial charge in [0.15, 0.2) is 11.6 Å². The van der Waals surface area contributed by atoms with Crippen LogP contribution in [0.15, 0.2) is 12.1 Å². The van der Waals surface area contributed by atoms with Gasteiger partial charge in [-0.25, -0.2) is 8.78 Å². The minimum absolute atomic E-state index is 0.0260. The Morgan fingerprint density at radius 2 is 2.00 bits per heavy atom. The second-order valence-corrected chi connectivity index (χ2v) is 3.95. The lowest BCUT2D eigenvalue weighted by Crippen LogP contribution is -2.24. The molecule has 0 atom stereocenters. The zero-order valence-electron chi connectivity index (χ0n) is 10.1. The SMILES string of the molecule is COc1cc(F)c(CN(C)CC(C)=O)cc1F. The molecule has 1 aromatic rings. The number of Topliss-reactive ketones (excluding diaryl/α,β-unsaturated/α-hetero) is 1. The maximum absolute atomic E-state index is 13.6. The molecule has 0 spiro atoms. The molecule has 0 bridgehead atoms. The van der Waals surface area contributed by atoms with Gasteiger partial charge in [0, 0.05) is 18.2 Å². The summed E-state index contributed by atoms with van der Waals surface area (Å²) in [5.74, 6) is -1.30. The van der Waals surface area contributed by atoms with Crippen molar-refractivity contribution in [2.24, 2.45) is 0 Å². The third-order valence-corrected chi connectivity index (χ3v) is 2.25. The number of ketones is 1. The standard InChI is InChI=1S/C12H15F2NO2/c1-8(16)6-15(2)7-9-4-11(14)12(17-3)5-10(9)13/h4-5H,6-7H2,1-3H3. The van der Waals surface area contributed by atoms with Crippen LogP contribution in [0.2, 0.25) is 0 Å². The van der Waals surface area contributed by atoms with Crippen LogP contribution in [-0.4, -0.2) is 31.4 Å². The Morgan fingerprint density at radius 1 is 1.35 bits per heavy atom. The third kappa shape index (κ3) is 3.78. The molecule has 0 fully saturated rings. The number of nitrogens with zero attached hydrogens (tertiary/aromatic N) is 1. The molecule has 0 N–H and O–H groups in total. The normalized spacial score (nSPS) is 10.7. The number of halogens is 2. The number of rotatable bonds is 5. The first kappa shape index (κ1) is 13.6. The van der Waals surface area contributed by atoms with Crippen LogP contribution >= 0.6 is 0 Å². The van der Waals surface area contributed by atoms with E-state index in [1.165, 1.54) is 14.0 Å². The molecule has 0 radical (unpaired) electrons. The van der Waals surface area contributed by atoms with E-state index < -0.39 is 11.6 Å². The van der Waals surface area contributed by atoms with Gasteiger partial charge in [0.25, 0.3) is 0 Å². The molecule has 3 nitrogen and oxygen atoms in total. The molecule has 0 unspecified atom stereocenters. The Bertz CT molecular complexity index is 421. The van der Waals surface area contributed by atoms with Crippen LogP contribution in [0.3, 0.4) is 0 Å². The molecule has 1 aromatic carbocycles. The number of hydrogen-bond acceptors (Lipinski definition) is 3. The van der Waals surface area contributed by atoms with Crippen molar-refractivity contribution in [2.75, 3.05) is 20.7 Å². The predicted molar refractivity (Wildman–Crippen MR) is 59.9 cm³/mol. The topological polar surface area (TPSA) is 29.5 Å². The van der Waals surface area contributed by atoms with Gasteiger partial charge in [-0.3, -0.25) is 9.69 Å². The van der Waals surface area contributed by atoms with E-state index in [4.69, 9.17) is 0 Å². The van der Waals surface area contributed by atoms with Crippen LogP contribution in [0, 0.1) is 11.6 Å². The summed E-state index contributed by atoms with van der Waals surface area (Å²) in [6.45, 7) is 1.82. The van der Waals surface area contributed by atoms with E-state index in [2.05, 4.69) is 4.74 Å². The molecule has 0 aliphatic carbocycles. The monoisotopic (exact) mass is 243 g/mol. The zero-order valence-corrected chi connectivity index (χ0v) is 10.1. The Kier molecular flexibility index (Phi) is 4.57. The maximum Gasteiger partial charge on any atom is 0.165 e. The number of carbonyl (C=O) groups is 1. The largest absolute Gasteiger partial charge is 0.494 e. The lowest BCUT2D eigenvalue weighted by atomic mass is 10.2. The number of ether oxygens (including phenoxy) is 1. The average molecular weight is 243 g/mol. The third-order valence-electron chi connectivity index (χ3n) is 2.25. The number of methoxy groups -OCH3 is 1. The van der Waals surface area contributed by atoms with Crippen LogP contribution in [0.25, 0.3) is 0 Å². The van der Waals surface area contributed by atoms with Crippen LogP contribution in [0.1, 0.15) is 12.5 Å². The molecule has 5 heteroatoms. The van der Waals surface area contributed by atoms with E-state index in [1.54, 1.807) is 11.9 Å². The quantitative estimate of drug-likeness (QED) is 0.792. The van der Waals surface area contributed by atoms with Gasteiger partial charge >= 0.3 is 0 Å². The highest BCUT2D eigenvalue weighted by molar-refractivity contribution is 5.77. The van der Waals surface area contributed by atoms with Crippen LogP contribution in [0.5, 0.6) is 5.75 Å². The van der Waals surface area contributed by atoms with Crippen molar-refractivity contribution in [2.45, 2.75) is 13.5 Å². The second-order valence-electron chi connectivity index (χ2n) is 3.95. The van der Waals surface area contributed by atoms with E-state index in [-0.39, 0.29) is 30.2 Å². The fraction of sp³-hybridized carbons (Fsp3) is 0.417. The van der Waals surface area contributed by atoms with Crippen molar-refractivity contribution in [1.82, 2.24) is 4.90 Å². The lowest BCUT2D eigenvalue weighted by molar-refractivity contribution is -0.117. The van der Waals surface area contributed by atoms with Crippen molar-refractivity contribution in [1.29, 1.82) is 0 Å². The average Bonchev–Trinajstić information content (AvgIpc) is 2.21. The Labute approximate surface area is 99.0 Å². The summed E-state index contributed by atoms with van der Waals surface area (Å²) >= 11 is 0. The molecule has 0 saturated carbocycles. The van der Waals surface area contributed by atoms with E-state index in [0.29, 0.717) is 0 Å². The fourth-order valence-electron chi connectivity index (χ4n) is 1.57. The summed E-state index contributed by atoms with van der Waals surface area (Å²) in [4.78, 5) is 12.5. The maximum atomic E-state index is 13.6. The van der Waals surface area contributed by atoms with Gasteiger partial charge in [0.2, 0.25) is 0 Å². The Balaban J connectivity index is 2.84. The molecule has 0 saturated heterocycles. The minimum Gasteiger partial charge on any atom is -0.494 e. The van der Waals surface area contributed by atoms with Gasteiger partial charge < -0.3 is 4.74 Å². The summed E-state index contributed by atoms with van der Waals surface area (Å²) < 4.78 is 31.6. The summed E-state index contributed by atoms with van der Waals surface area (Å²) in [5, 5.41) is 0. The summed E-state index contributed by atoms with van der Waals surface area (Å²) in [5.41, 5.74) is 0.201.